The Morgan fingerprint density at radius 1 is 1.75 bits per heavy atom. The second-order valence-electron chi connectivity index (χ2n) is 2.56. The van der Waals surface area contributed by atoms with Crippen LogP contribution in [0.25, 0.3) is 0 Å². The molecule has 1 aliphatic rings. The number of fused-ring (bicyclic) bond motifs is 1. The highest BCUT2D eigenvalue weighted by molar-refractivity contribution is 5.98. The zero-order chi connectivity index (χ0) is 8.72. The fourth-order valence-corrected chi connectivity index (χ4v) is 1.12. The zero-order valence-electron chi connectivity index (χ0n) is 6.40. The molecule has 0 spiro atoms. The number of aromatic nitrogens is 2. The summed E-state index contributed by atoms with van der Waals surface area (Å²) in [7, 11) is 1.64. The van der Waals surface area contributed by atoms with Gasteiger partial charge < -0.3 is 20.3 Å². The minimum atomic E-state index is -0.992. The molecule has 0 aromatic carbocycles. The topological polar surface area (TPSA) is 81.2 Å². The Labute approximate surface area is 68.2 Å². The van der Waals surface area contributed by atoms with Gasteiger partial charge in [0, 0.05) is 7.05 Å². The lowest BCUT2D eigenvalue weighted by Gasteiger charge is -2.28. The minimum absolute atomic E-state index is 0.340. The van der Waals surface area contributed by atoms with E-state index in [-0.39, 0.29) is 5.91 Å². The van der Waals surface area contributed by atoms with Crippen molar-refractivity contribution in [3.63, 3.8) is 0 Å². The summed E-state index contributed by atoms with van der Waals surface area (Å²) in [4.78, 5) is 19.2. The Kier molecular flexibility index (Phi) is 1.31. The average Bonchev–Trinajstić information content (AvgIpc) is 2.48. The van der Waals surface area contributed by atoms with Gasteiger partial charge in [-0.25, -0.2) is 4.98 Å². The van der Waals surface area contributed by atoms with Crippen molar-refractivity contribution in [1.29, 1.82) is 0 Å². The largest absolute Gasteiger partial charge is 0.356 e. The molecule has 0 aliphatic carbocycles. The van der Waals surface area contributed by atoms with Crippen LogP contribution >= 0.6 is 0 Å². The van der Waals surface area contributed by atoms with Crippen molar-refractivity contribution in [2.75, 3.05) is 11.9 Å². The number of aliphatic hydroxyl groups excluding tert-OH is 1. The zero-order valence-corrected chi connectivity index (χ0v) is 6.40. The van der Waals surface area contributed by atoms with Crippen LogP contribution in [0.3, 0.4) is 0 Å². The fourth-order valence-electron chi connectivity index (χ4n) is 1.12. The number of hydrogen-bond donors (Lipinski definition) is 3. The molecule has 0 unspecified atom stereocenters. The van der Waals surface area contributed by atoms with Crippen LogP contribution in [0.5, 0.6) is 0 Å². The van der Waals surface area contributed by atoms with Crippen LogP contribution in [0.4, 0.5) is 5.82 Å². The van der Waals surface area contributed by atoms with Crippen molar-refractivity contribution in [1.82, 2.24) is 15.3 Å². The maximum Gasteiger partial charge on any atom is 0.275 e. The molecule has 1 atom stereocenters. The van der Waals surface area contributed by atoms with Crippen LogP contribution < -0.4 is 10.2 Å². The molecule has 64 valence electrons. The number of aliphatic hydroxyl groups is 1. The Morgan fingerprint density at radius 3 is 3.25 bits per heavy atom. The summed E-state index contributed by atoms with van der Waals surface area (Å²) in [6.45, 7) is 0. The number of nitrogens with one attached hydrogen (secondary N) is 2. The van der Waals surface area contributed by atoms with E-state index in [1.807, 2.05) is 0 Å². The molecule has 0 radical (unpaired) electrons. The maximum atomic E-state index is 11.1. The van der Waals surface area contributed by atoms with Gasteiger partial charge in [0.15, 0.2) is 5.82 Å². The van der Waals surface area contributed by atoms with E-state index in [0.717, 1.165) is 0 Å². The smallest absolute Gasteiger partial charge is 0.275 e. The molecule has 0 saturated carbocycles. The quantitative estimate of drug-likeness (QED) is 0.457. The van der Waals surface area contributed by atoms with Crippen LogP contribution in [0, 0.1) is 0 Å². The summed E-state index contributed by atoms with van der Waals surface area (Å²) in [5, 5.41) is 11.6. The summed E-state index contributed by atoms with van der Waals surface area (Å²) in [5.74, 6) is 0.124. The molecular formula is C6H8N4O2. The third-order valence-corrected chi connectivity index (χ3v) is 1.81. The molecule has 1 amide bonds. The number of nitrogens with zero attached hydrogens (tertiary/aromatic N) is 2. The van der Waals surface area contributed by atoms with Crippen molar-refractivity contribution in [2.24, 2.45) is 0 Å². The maximum absolute atomic E-state index is 11.1. The monoisotopic (exact) mass is 168 g/mol. The van der Waals surface area contributed by atoms with Gasteiger partial charge in [-0.05, 0) is 0 Å². The van der Waals surface area contributed by atoms with Crippen molar-refractivity contribution in [3.8, 4) is 0 Å². The lowest BCUT2D eigenvalue weighted by atomic mass is 10.3. The first-order valence-corrected chi connectivity index (χ1v) is 3.45. The second kappa shape index (κ2) is 2.21. The van der Waals surface area contributed by atoms with Gasteiger partial charge in [0.1, 0.15) is 5.69 Å². The Balaban J connectivity index is 2.49. The van der Waals surface area contributed by atoms with Crippen molar-refractivity contribution in [3.05, 3.63) is 12.0 Å². The highest BCUT2D eigenvalue weighted by Crippen LogP contribution is 2.18. The number of amides is 1. The number of anilines is 1. The van der Waals surface area contributed by atoms with Crippen molar-refractivity contribution in [2.45, 2.75) is 6.35 Å². The lowest BCUT2D eigenvalue weighted by molar-refractivity contribution is 0.0751. The number of imidazole rings is 1. The normalized spacial score (nSPS) is 22.0. The Bertz CT molecular complexity index is 321. The summed E-state index contributed by atoms with van der Waals surface area (Å²) >= 11 is 0. The van der Waals surface area contributed by atoms with Crippen LogP contribution in [0.15, 0.2) is 6.33 Å². The number of aromatic amines is 1. The first-order chi connectivity index (χ1) is 5.70. The van der Waals surface area contributed by atoms with Gasteiger partial charge in [0.25, 0.3) is 5.91 Å². The molecule has 0 bridgehead atoms. The number of hydrogen-bond acceptors (Lipinski definition) is 4. The standard InChI is InChI=1S/C6H8N4O2/c1-10-4-3(7-2-8-4)5(11)9-6(10)12/h2,6,12H,1H3,(H,7,8)(H,9,11)/t6-/m0/s1. The Morgan fingerprint density at radius 2 is 2.50 bits per heavy atom. The Hall–Kier alpha value is -1.56. The van der Waals surface area contributed by atoms with Gasteiger partial charge >= 0.3 is 0 Å². The van der Waals surface area contributed by atoms with E-state index in [9.17, 15) is 9.90 Å². The summed E-state index contributed by atoms with van der Waals surface area (Å²) in [5.41, 5.74) is 0.378. The van der Waals surface area contributed by atoms with Crippen molar-refractivity contribution < 1.29 is 9.90 Å². The molecule has 6 heteroatoms. The summed E-state index contributed by atoms with van der Waals surface area (Å²) in [6.07, 6.45) is 0.423. The number of H-pyrrole nitrogens is 1. The first-order valence-electron chi connectivity index (χ1n) is 3.45. The highest BCUT2D eigenvalue weighted by Gasteiger charge is 2.28. The van der Waals surface area contributed by atoms with Gasteiger partial charge in [0.05, 0.1) is 6.33 Å². The van der Waals surface area contributed by atoms with Crippen LogP contribution in [0.2, 0.25) is 0 Å². The van der Waals surface area contributed by atoms with Gasteiger partial charge in [-0.15, -0.1) is 0 Å². The third kappa shape index (κ3) is 0.782. The third-order valence-electron chi connectivity index (χ3n) is 1.81. The molecule has 2 heterocycles. The SMILES string of the molecule is CN1c2nc[nH]c2C(=O)N[C@@H]1O. The lowest BCUT2D eigenvalue weighted by Crippen LogP contribution is -2.51. The van der Waals surface area contributed by atoms with E-state index >= 15 is 0 Å². The van der Waals surface area contributed by atoms with E-state index < -0.39 is 6.35 Å². The molecule has 0 saturated heterocycles. The predicted molar refractivity (Wildman–Crippen MR) is 40.5 cm³/mol. The van der Waals surface area contributed by atoms with Gasteiger partial charge in [0.2, 0.25) is 6.35 Å². The number of rotatable bonds is 0. The van der Waals surface area contributed by atoms with E-state index in [1.54, 1.807) is 7.05 Å². The molecule has 1 aromatic heterocycles. The van der Waals surface area contributed by atoms with Crippen LogP contribution in [-0.2, 0) is 0 Å². The van der Waals surface area contributed by atoms with Gasteiger partial charge in [-0.1, -0.05) is 0 Å². The number of carbonyl (C=O) groups is 1. The van der Waals surface area contributed by atoms with Gasteiger partial charge in [-0.3, -0.25) is 4.79 Å². The summed E-state index contributed by atoms with van der Waals surface area (Å²) in [6, 6.07) is 0. The number of carbonyl (C=O) groups excluding carboxylic acids is 1. The first kappa shape index (κ1) is 7.11. The molecule has 1 aliphatic heterocycles. The van der Waals surface area contributed by atoms with E-state index in [2.05, 4.69) is 15.3 Å². The minimum Gasteiger partial charge on any atom is -0.356 e. The average molecular weight is 168 g/mol. The second-order valence-corrected chi connectivity index (χ2v) is 2.56. The van der Waals surface area contributed by atoms with E-state index in [1.165, 1.54) is 11.2 Å². The molecule has 3 N–H and O–H groups in total. The van der Waals surface area contributed by atoms with Crippen LogP contribution in [-0.4, -0.2) is 34.4 Å². The van der Waals surface area contributed by atoms with E-state index in [4.69, 9.17) is 0 Å². The molecule has 1 aromatic rings. The van der Waals surface area contributed by atoms with Crippen molar-refractivity contribution >= 4 is 11.7 Å². The molecule has 12 heavy (non-hydrogen) atoms. The molecular weight excluding hydrogens is 160 g/mol. The summed E-state index contributed by atoms with van der Waals surface area (Å²) < 4.78 is 0. The molecule has 0 fully saturated rings. The fraction of sp³-hybridized carbons (Fsp3) is 0.333. The molecule has 6 nitrogen and oxygen atoms in total. The van der Waals surface area contributed by atoms with Crippen LogP contribution in [0.1, 0.15) is 10.5 Å². The highest BCUT2D eigenvalue weighted by atomic mass is 16.3. The predicted octanol–water partition coefficient (Wildman–Crippen LogP) is -1.13. The van der Waals surface area contributed by atoms with Gasteiger partial charge in [-0.2, -0.15) is 0 Å². The molecule has 2 rings (SSSR count). The van der Waals surface area contributed by atoms with E-state index in [0.29, 0.717) is 11.5 Å².